The van der Waals surface area contributed by atoms with Gasteiger partial charge in [0.05, 0.1) is 0 Å². The van der Waals surface area contributed by atoms with E-state index in [-0.39, 0.29) is 0 Å². The molecule has 0 aromatic carbocycles. The van der Waals surface area contributed by atoms with Gasteiger partial charge in [-0.25, -0.2) is 0 Å². The Morgan fingerprint density at radius 2 is 1.53 bits per heavy atom. The van der Waals surface area contributed by atoms with Crippen molar-refractivity contribution in [2.45, 2.75) is 45.4 Å². The van der Waals surface area contributed by atoms with Gasteiger partial charge in [-0.3, -0.25) is 0 Å². The van der Waals surface area contributed by atoms with Crippen molar-refractivity contribution in [3.8, 4) is 0 Å². The second kappa shape index (κ2) is 10.4. The van der Waals surface area contributed by atoms with Crippen molar-refractivity contribution in [1.82, 2.24) is 0 Å². The maximum atomic E-state index is 5.05. The van der Waals surface area contributed by atoms with Crippen LogP contribution in [0.4, 0.5) is 0 Å². The fraction of sp³-hybridized carbons (Fsp3) is 1.00. The Labute approximate surface area is 95.3 Å². The molecule has 0 aromatic heterocycles. The Balaban J connectivity index is 0.000000583. The molecule has 0 unspecified atom stereocenters. The Morgan fingerprint density at radius 1 is 1.00 bits per heavy atom. The summed E-state index contributed by atoms with van der Waals surface area (Å²) in [6.07, 6.45) is 8.49. The second-order valence-corrected chi connectivity index (χ2v) is 4.67. The van der Waals surface area contributed by atoms with Crippen molar-refractivity contribution >= 4 is 0 Å². The minimum Gasteiger partial charge on any atom is -0.388 e. The summed E-state index contributed by atoms with van der Waals surface area (Å²) in [5, 5.41) is 0. The highest BCUT2D eigenvalue weighted by molar-refractivity contribution is 4.69. The predicted molar refractivity (Wildman–Crippen MR) is 65.2 cm³/mol. The number of hydrogen-bond acceptors (Lipinski definition) is 2. The van der Waals surface area contributed by atoms with Gasteiger partial charge in [-0.1, -0.05) is 32.6 Å². The van der Waals surface area contributed by atoms with E-state index in [4.69, 9.17) is 4.74 Å². The van der Waals surface area contributed by atoms with Crippen LogP contribution in [0.1, 0.15) is 45.4 Å². The quantitative estimate of drug-likeness (QED) is 0.670. The number of methoxy groups -OCH3 is 2. The summed E-state index contributed by atoms with van der Waals surface area (Å²) in [5.41, 5.74) is 0. The normalized spacial score (nSPS) is 25.6. The van der Waals surface area contributed by atoms with E-state index in [1.165, 1.54) is 38.5 Å². The lowest BCUT2D eigenvalue weighted by Gasteiger charge is -2.25. The smallest absolute Gasteiger partial charge is 0.0462 e. The molecule has 1 aliphatic carbocycles. The molecule has 92 valence electrons. The van der Waals surface area contributed by atoms with Crippen LogP contribution in [-0.2, 0) is 9.47 Å². The van der Waals surface area contributed by atoms with Gasteiger partial charge in [0.25, 0.3) is 0 Å². The van der Waals surface area contributed by atoms with Gasteiger partial charge in [-0.05, 0) is 24.7 Å². The molecule has 2 nitrogen and oxygen atoms in total. The first-order chi connectivity index (χ1) is 7.24. The zero-order valence-corrected chi connectivity index (χ0v) is 10.9. The van der Waals surface area contributed by atoms with Crippen LogP contribution in [0.2, 0.25) is 0 Å². The molecule has 0 spiro atoms. The van der Waals surface area contributed by atoms with E-state index in [0.29, 0.717) is 0 Å². The first-order valence-corrected chi connectivity index (χ1v) is 6.13. The van der Waals surface area contributed by atoms with Crippen LogP contribution in [-0.4, -0.2) is 27.9 Å². The van der Waals surface area contributed by atoms with Crippen LogP contribution in [0.15, 0.2) is 0 Å². The third kappa shape index (κ3) is 8.88. The average molecular weight is 216 g/mol. The minimum atomic E-state index is 0.950. The third-order valence-corrected chi connectivity index (χ3v) is 3.10. The van der Waals surface area contributed by atoms with E-state index in [0.717, 1.165) is 18.4 Å². The van der Waals surface area contributed by atoms with Gasteiger partial charge in [0.1, 0.15) is 0 Å². The van der Waals surface area contributed by atoms with Crippen molar-refractivity contribution in [3.05, 3.63) is 0 Å². The molecule has 2 heteroatoms. The largest absolute Gasteiger partial charge is 0.388 e. The first-order valence-electron chi connectivity index (χ1n) is 6.13. The minimum absolute atomic E-state index is 0.950. The van der Waals surface area contributed by atoms with Gasteiger partial charge in [-0.15, -0.1) is 0 Å². The van der Waals surface area contributed by atoms with Crippen molar-refractivity contribution in [2.24, 2.45) is 11.8 Å². The topological polar surface area (TPSA) is 18.5 Å². The molecule has 1 rings (SSSR count). The highest BCUT2D eigenvalue weighted by atomic mass is 16.5. The lowest BCUT2D eigenvalue weighted by Crippen LogP contribution is -2.12. The zero-order valence-electron chi connectivity index (χ0n) is 10.9. The summed E-state index contributed by atoms with van der Waals surface area (Å²) in [7, 11) is 5.04. The third-order valence-electron chi connectivity index (χ3n) is 3.10. The van der Waals surface area contributed by atoms with Gasteiger partial charge in [-0.2, -0.15) is 0 Å². The maximum absolute atomic E-state index is 5.05. The van der Waals surface area contributed by atoms with Crippen molar-refractivity contribution in [2.75, 3.05) is 27.9 Å². The Kier molecular flexibility index (Phi) is 10.4. The van der Waals surface area contributed by atoms with E-state index in [1.54, 1.807) is 21.3 Å². The number of ether oxygens (including phenoxy) is 2. The maximum Gasteiger partial charge on any atom is 0.0462 e. The van der Waals surface area contributed by atoms with E-state index in [2.05, 4.69) is 11.7 Å². The van der Waals surface area contributed by atoms with Crippen LogP contribution in [0.25, 0.3) is 0 Å². The fourth-order valence-corrected chi connectivity index (χ4v) is 2.13. The van der Waals surface area contributed by atoms with Crippen LogP contribution in [0, 0.1) is 11.8 Å². The molecule has 1 fully saturated rings. The van der Waals surface area contributed by atoms with Gasteiger partial charge in [0.2, 0.25) is 0 Å². The summed E-state index contributed by atoms with van der Waals surface area (Å²) in [4.78, 5) is 0. The summed E-state index contributed by atoms with van der Waals surface area (Å²) in [6, 6.07) is 0. The molecule has 0 aromatic rings. The Hall–Kier alpha value is -0.0800. The van der Waals surface area contributed by atoms with Crippen LogP contribution in [0.5, 0.6) is 0 Å². The van der Waals surface area contributed by atoms with Gasteiger partial charge in [0.15, 0.2) is 0 Å². The molecular weight excluding hydrogens is 188 g/mol. The van der Waals surface area contributed by atoms with Gasteiger partial charge in [0, 0.05) is 27.9 Å². The first kappa shape index (κ1) is 14.9. The van der Waals surface area contributed by atoms with E-state index < -0.39 is 0 Å². The molecule has 0 radical (unpaired) electrons. The second-order valence-electron chi connectivity index (χ2n) is 4.67. The molecule has 0 amide bonds. The monoisotopic (exact) mass is 216 g/mol. The van der Waals surface area contributed by atoms with Crippen LogP contribution in [0.3, 0.4) is 0 Å². The predicted octanol–water partition coefficient (Wildman–Crippen LogP) is 3.50. The highest BCUT2D eigenvalue weighted by Crippen LogP contribution is 2.30. The molecule has 1 saturated carbocycles. The molecular formula is C13H28O2. The summed E-state index contributed by atoms with van der Waals surface area (Å²) >= 11 is 0. The van der Waals surface area contributed by atoms with Crippen molar-refractivity contribution in [1.29, 1.82) is 0 Å². The van der Waals surface area contributed by atoms with Gasteiger partial charge >= 0.3 is 0 Å². The molecule has 15 heavy (non-hydrogen) atoms. The standard InChI is InChI=1S/C11H22O.C2H6O/c1-10-5-7-11(8-6-10)4-3-9-12-2;1-3-2/h10-11H,3-9H2,1-2H3;1-2H3. The number of hydrogen-bond donors (Lipinski definition) is 0. The van der Waals surface area contributed by atoms with Crippen LogP contribution < -0.4 is 0 Å². The summed E-state index contributed by atoms with van der Waals surface area (Å²) in [5.74, 6) is 2.00. The Morgan fingerprint density at radius 3 is 2.00 bits per heavy atom. The zero-order chi connectivity index (χ0) is 11.5. The lowest BCUT2D eigenvalue weighted by atomic mass is 9.81. The molecule has 0 aliphatic heterocycles. The highest BCUT2D eigenvalue weighted by Gasteiger charge is 2.17. The lowest BCUT2D eigenvalue weighted by molar-refractivity contribution is 0.177. The Bertz CT molecular complexity index is 118. The molecule has 1 aliphatic rings. The average Bonchev–Trinajstić information content (AvgIpc) is 2.23. The summed E-state index contributed by atoms with van der Waals surface area (Å²) in [6.45, 7) is 3.33. The molecule has 0 heterocycles. The van der Waals surface area contributed by atoms with Crippen molar-refractivity contribution < 1.29 is 9.47 Å². The van der Waals surface area contributed by atoms with Crippen molar-refractivity contribution in [3.63, 3.8) is 0 Å². The van der Waals surface area contributed by atoms with Gasteiger partial charge < -0.3 is 9.47 Å². The van der Waals surface area contributed by atoms with E-state index >= 15 is 0 Å². The molecule has 0 N–H and O–H groups in total. The summed E-state index contributed by atoms with van der Waals surface area (Å²) < 4.78 is 9.30. The molecule has 0 bridgehead atoms. The van der Waals surface area contributed by atoms with E-state index in [1.807, 2.05) is 0 Å². The molecule has 0 saturated heterocycles. The fourth-order valence-electron chi connectivity index (χ4n) is 2.13. The number of rotatable bonds is 4. The SMILES string of the molecule is COC.COCCCC1CCC(C)CC1. The van der Waals surface area contributed by atoms with Crippen LogP contribution >= 0.6 is 0 Å². The van der Waals surface area contributed by atoms with E-state index in [9.17, 15) is 0 Å². The molecule has 0 atom stereocenters.